The van der Waals surface area contributed by atoms with Crippen LogP contribution in [-0.2, 0) is 4.79 Å². The van der Waals surface area contributed by atoms with Gasteiger partial charge in [0.15, 0.2) is 6.61 Å². The molecule has 0 aliphatic carbocycles. The summed E-state index contributed by atoms with van der Waals surface area (Å²) in [6.45, 7) is 5.32. The molecule has 1 aliphatic heterocycles. The topological polar surface area (TPSA) is 59.6 Å². The molecule has 1 fully saturated rings. The molecule has 0 unspecified atom stereocenters. The van der Waals surface area contributed by atoms with Crippen LogP contribution in [0, 0.1) is 5.92 Å². The second-order valence-electron chi connectivity index (χ2n) is 4.52. The summed E-state index contributed by atoms with van der Waals surface area (Å²) in [6, 6.07) is 7.26. The minimum atomic E-state index is -0.0826. The van der Waals surface area contributed by atoms with E-state index in [1.165, 1.54) is 0 Å². The maximum absolute atomic E-state index is 11.5. The first-order chi connectivity index (χ1) is 9.28. The van der Waals surface area contributed by atoms with Crippen LogP contribution in [0.15, 0.2) is 24.3 Å². The Bertz CT molecular complexity index is 407. The molecule has 1 aromatic carbocycles. The third kappa shape index (κ3) is 5.27. The van der Waals surface area contributed by atoms with Gasteiger partial charge >= 0.3 is 0 Å². The number of rotatable bonds is 7. The maximum Gasteiger partial charge on any atom is 0.257 e. The Labute approximate surface area is 125 Å². The fraction of sp³-hybridized carbons (Fsp3) is 0.500. The molecular formula is C14H21ClN2O3. The lowest BCUT2D eigenvalue weighted by Gasteiger charge is -2.27. The Balaban J connectivity index is 0.00000200. The van der Waals surface area contributed by atoms with Crippen LogP contribution in [0.25, 0.3) is 0 Å². The molecule has 0 aromatic heterocycles. The summed E-state index contributed by atoms with van der Waals surface area (Å²) >= 11 is 0. The molecule has 2 rings (SSSR count). The largest absolute Gasteiger partial charge is 0.494 e. The third-order valence-electron chi connectivity index (χ3n) is 2.96. The molecule has 1 amide bonds. The Hall–Kier alpha value is -1.46. The Morgan fingerprint density at radius 1 is 1.25 bits per heavy atom. The zero-order chi connectivity index (χ0) is 13.5. The summed E-state index contributed by atoms with van der Waals surface area (Å²) in [5.41, 5.74) is 0. The van der Waals surface area contributed by atoms with E-state index in [9.17, 15) is 4.79 Å². The molecule has 2 N–H and O–H groups in total. The Morgan fingerprint density at radius 3 is 2.35 bits per heavy atom. The summed E-state index contributed by atoms with van der Waals surface area (Å²) < 4.78 is 10.7. The number of ether oxygens (including phenoxy) is 2. The molecule has 5 nitrogen and oxygen atoms in total. The molecule has 0 spiro atoms. The van der Waals surface area contributed by atoms with Gasteiger partial charge in [-0.05, 0) is 31.2 Å². The number of carbonyl (C=O) groups is 1. The molecule has 0 atom stereocenters. The highest BCUT2D eigenvalue weighted by Gasteiger charge is 2.17. The number of hydrogen-bond donors (Lipinski definition) is 2. The van der Waals surface area contributed by atoms with Gasteiger partial charge in [0.1, 0.15) is 11.5 Å². The van der Waals surface area contributed by atoms with Crippen LogP contribution in [-0.4, -0.2) is 38.8 Å². The van der Waals surface area contributed by atoms with E-state index in [-0.39, 0.29) is 24.9 Å². The van der Waals surface area contributed by atoms with Gasteiger partial charge in [-0.3, -0.25) is 4.79 Å². The number of nitrogens with one attached hydrogen (secondary N) is 2. The Kier molecular flexibility index (Phi) is 7.18. The van der Waals surface area contributed by atoms with Crippen molar-refractivity contribution >= 4 is 18.3 Å². The van der Waals surface area contributed by atoms with Crippen LogP contribution in [0.2, 0.25) is 0 Å². The van der Waals surface area contributed by atoms with Crippen molar-refractivity contribution in [1.29, 1.82) is 0 Å². The lowest BCUT2D eigenvalue weighted by molar-refractivity contribution is -0.123. The lowest BCUT2D eigenvalue weighted by Crippen LogP contribution is -2.48. The zero-order valence-electron chi connectivity index (χ0n) is 11.6. The van der Waals surface area contributed by atoms with E-state index in [1.54, 1.807) is 12.1 Å². The van der Waals surface area contributed by atoms with E-state index in [4.69, 9.17) is 9.47 Å². The van der Waals surface area contributed by atoms with Crippen LogP contribution in [0.5, 0.6) is 11.5 Å². The SMILES string of the molecule is CCOc1ccc(OCC(=O)NCC2CNC2)cc1.Cl. The van der Waals surface area contributed by atoms with Crippen molar-refractivity contribution in [1.82, 2.24) is 10.6 Å². The summed E-state index contributed by atoms with van der Waals surface area (Å²) in [5.74, 6) is 1.95. The molecule has 1 aromatic rings. The van der Waals surface area contributed by atoms with Crippen molar-refractivity contribution in [2.24, 2.45) is 5.92 Å². The third-order valence-corrected chi connectivity index (χ3v) is 2.96. The van der Waals surface area contributed by atoms with E-state index in [2.05, 4.69) is 10.6 Å². The van der Waals surface area contributed by atoms with Crippen molar-refractivity contribution in [3.63, 3.8) is 0 Å². The highest BCUT2D eigenvalue weighted by atomic mass is 35.5. The van der Waals surface area contributed by atoms with Crippen LogP contribution in [0.4, 0.5) is 0 Å². The van der Waals surface area contributed by atoms with E-state index in [0.717, 1.165) is 25.4 Å². The molecule has 20 heavy (non-hydrogen) atoms. The average Bonchev–Trinajstić information content (AvgIpc) is 2.36. The van der Waals surface area contributed by atoms with Crippen LogP contribution in [0.3, 0.4) is 0 Å². The summed E-state index contributed by atoms with van der Waals surface area (Å²) in [6.07, 6.45) is 0. The standard InChI is InChI=1S/C14H20N2O3.ClH/c1-2-18-12-3-5-13(6-4-12)19-10-14(17)16-9-11-7-15-8-11;/h3-6,11,15H,2,7-10H2,1H3,(H,16,17);1H. The summed E-state index contributed by atoms with van der Waals surface area (Å²) in [5, 5.41) is 6.02. The van der Waals surface area contributed by atoms with Gasteiger partial charge in [0, 0.05) is 25.6 Å². The predicted octanol–water partition coefficient (Wildman–Crippen LogP) is 1.22. The monoisotopic (exact) mass is 300 g/mol. The molecule has 1 heterocycles. The molecule has 1 saturated heterocycles. The number of hydrogen-bond acceptors (Lipinski definition) is 4. The van der Waals surface area contributed by atoms with Gasteiger partial charge in [0.05, 0.1) is 6.61 Å². The summed E-state index contributed by atoms with van der Waals surface area (Å²) in [4.78, 5) is 11.5. The first-order valence-corrected chi connectivity index (χ1v) is 6.61. The van der Waals surface area contributed by atoms with E-state index >= 15 is 0 Å². The van der Waals surface area contributed by atoms with Crippen molar-refractivity contribution in [3.8, 4) is 11.5 Å². The predicted molar refractivity (Wildman–Crippen MR) is 79.7 cm³/mol. The second kappa shape index (κ2) is 8.66. The molecule has 0 bridgehead atoms. The first-order valence-electron chi connectivity index (χ1n) is 6.61. The van der Waals surface area contributed by atoms with E-state index in [0.29, 0.717) is 18.3 Å². The molecule has 6 heteroatoms. The van der Waals surface area contributed by atoms with Gasteiger partial charge in [-0.15, -0.1) is 12.4 Å². The Morgan fingerprint density at radius 2 is 1.85 bits per heavy atom. The number of benzene rings is 1. The van der Waals surface area contributed by atoms with Crippen LogP contribution < -0.4 is 20.1 Å². The van der Waals surface area contributed by atoms with Crippen molar-refractivity contribution in [3.05, 3.63) is 24.3 Å². The van der Waals surface area contributed by atoms with Gasteiger partial charge in [0.2, 0.25) is 0 Å². The molecule has 1 aliphatic rings. The van der Waals surface area contributed by atoms with Crippen LogP contribution >= 0.6 is 12.4 Å². The number of halogens is 1. The minimum absolute atomic E-state index is 0. The highest BCUT2D eigenvalue weighted by molar-refractivity contribution is 5.85. The first kappa shape index (κ1) is 16.6. The van der Waals surface area contributed by atoms with Crippen molar-refractivity contribution < 1.29 is 14.3 Å². The highest BCUT2D eigenvalue weighted by Crippen LogP contribution is 2.17. The molecule has 112 valence electrons. The lowest BCUT2D eigenvalue weighted by atomic mass is 10.0. The van der Waals surface area contributed by atoms with E-state index < -0.39 is 0 Å². The van der Waals surface area contributed by atoms with Gasteiger partial charge in [-0.25, -0.2) is 0 Å². The van der Waals surface area contributed by atoms with Gasteiger partial charge < -0.3 is 20.1 Å². The number of amides is 1. The normalized spacial score (nSPS) is 13.8. The molecule has 0 saturated carbocycles. The fourth-order valence-electron chi connectivity index (χ4n) is 1.75. The molecular weight excluding hydrogens is 280 g/mol. The van der Waals surface area contributed by atoms with Gasteiger partial charge in [-0.2, -0.15) is 0 Å². The van der Waals surface area contributed by atoms with Crippen LogP contribution in [0.1, 0.15) is 6.92 Å². The van der Waals surface area contributed by atoms with Gasteiger partial charge in [-0.1, -0.05) is 0 Å². The second-order valence-corrected chi connectivity index (χ2v) is 4.52. The van der Waals surface area contributed by atoms with Crippen molar-refractivity contribution in [2.75, 3.05) is 32.8 Å². The van der Waals surface area contributed by atoms with Crippen molar-refractivity contribution in [2.45, 2.75) is 6.92 Å². The quantitative estimate of drug-likeness (QED) is 0.795. The maximum atomic E-state index is 11.5. The smallest absolute Gasteiger partial charge is 0.257 e. The van der Waals surface area contributed by atoms with Gasteiger partial charge in [0.25, 0.3) is 5.91 Å². The minimum Gasteiger partial charge on any atom is -0.494 e. The fourth-order valence-corrected chi connectivity index (χ4v) is 1.75. The summed E-state index contributed by atoms with van der Waals surface area (Å²) in [7, 11) is 0. The zero-order valence-corrected chi connectivity index (χ0v) is 12.4. The van der Waals surface area contributed by atoms with E-state index in [1.807, 2.05) is 19.1 Å². The molecule has 0 radical (unpaired) electrons. The average molecular weight is 301 g/mol. The number of carbonyl (C=O) groups excluding carboxylic acids is 1.